The van der Waals surface area contributed by atoms with E-state index in [9.17, 15) is 14.4 Å². The van der Waals surface area contributed by atoms with Gasteiger partial charge in [-0.15, -0.1) is 0 Å². The SMILES string of the molecule is COC(=O)CC1CCCCN1C(=O)c1cccc(=O)[nH]1. The largest absolute Gasteiger partial charge is 0.469 e. The Morgan fingerprint density at radius 2 is 2.20 bits per heavy atom. The summed E-state index contributed by atoms with van der Waals surface area (Å²) in [5, 5.41) is 0. The molecule has 6 heteroatoms. The number of esters is 1. The maximum Gasteiger partial charge on any atom is 0.307 e. The van der Waals surface area contributed by atoms with E-state index >= 15 is 0 Å². The molecule has 108 valence electrons. The molecule has 1 aromatic rings. The molecule has 1 aliphatic rings. The van der Waals surface area contributed by atoms with Crippen molar-refractivity contribution in [1.29, 1.82) is 0 Å². The van der Waals surface area contributed by atoms with Gasteiger partial charge in [0.1, 0.15) is 5.69 Å². The summed E-state index contributed by atoms with van der Waals surface area (Å²) >= 11 is 0. The number of rotatable bonds is 3. The fraction of sp³-hybridized carbons (Fsp3) is 0.500. The lowest BCUT2D eigenvalue weighted by Crippen LogP contribution is -2.45. The highest BCUT2D eigenvalue weighted by atomic mass is 16.5. The second-order valence-electron chi connectivity index (χ2n) is 4.86. The number of amides is 1. The van der Waals surface area contributed by atoms with E-state index in [0.29, 0.717) is 6.54 Å². The number of nitrogens with one attached hydrogen (secondary N) is 1. The van der Waals surface area contributed by atoms with Crippen molar-refractivity contribution in [3.63, 3.8) is 0 Å². The maximum atomic E-state index is 12.4. The first-order chi connectivity index (χ1) is 9.61. The molecule has 0 radical (unpaired) electrons. The molecule has 0 spiro atoms. The molecule has 0 saturated carbocycles. The Hall–Kier alpha value is -2.11. The van der Waals surface area contributed by atoms with Crippen molar-refractivity contribution in [1.82, 2.24) is 9.88 Å². The van der Waals surface area contributed by atoms with Crippen LogP contribution in [-0.2, 0) is 9.53 Å². The van der Waals surface area contributed by atoms with Gasteiger partial charge in [0, 0.05) is 18.7 Å². The van der Waals surface area contributed by atoms with Crippen molar-refractivity contribution < 1.29 is 14.3 Å². The number of H-pyrrole nitrogens is 1. The van der Waals surface area contributed by atoms with Gasteiger partial charge in [0.2, 0.25) is 5.56 Å². The number of methoxy groups -OCH3 is 1. The molecule has 1 atom stereocenters. The molecule has 1 fully saturated rings. The standard InChI is InChI=1S/C14H18N2O4/c1-20-13(18)9-10-5-2-3-8-16(10)14(19)11-6-4-7-12(17)15-11/h4,6-7,10H,2-3,5,8-9H2,1H3,(H,15,17). The first-order valence-electron chi connectivity index (χ1n) is 6.69. The van der Waals surface area contributed by atoms with E-state index in [1.807, 2.05) is 0 Å². The summed E-state index contributed by atoms with van der Waals surface area (Å²) in [5.74, 6) is -0.562. The summed E-state index contributed by atoms with van der Waals surface area (Å²) in [5.41, 5.74) is -0.0494. The van der Waals surface area contributed by atoms with Crippen molar-refractivity contribution in [2.75, 3.05) is 13.7 Å². The molecule has 6 nitrogen and oxygen atoms in total. The molecular formula is C14H18N2O4. The van der Waals surface area contributed by atoms with Gasteiger partial charge in [-0.05, 0) is 25.3 Å². The molecule has 1 saturated heterocycles. The van der Waals surface area contributed by atoms with Gasteiger partial charge in [-0.3, -0.25) is 14.4 Å². The summed E-state index contributed by atoms with van der Waals surface area (Å²) in [6, 6.07) is 4.32. The van der Waals surface area contributed by atoms with Crippen LogP contribution >= 0.6 is 0 Å². The number of aromatic nitrogens is 1. The molecule has 20 heavy (non-hydrogen) atoms. The van der Waals surface area contributed by atoms with Crippen LogP contribution in [0.2, 0.25) is 0 Å². The van der Waals surface area contributed by atoms with Crippen molar-refractivity contribution >= 4 is 11.9 Å². The van der Waals surface area contributed by atoms with Gasteiger partial charge in [0.25, 0.3) is 5.91 Å². The number of likely N-dealkylation sites (tertiary alicyclic amines) is 1. The normalized spacial score (nSPS) is 18.6. The number of carbonyl (C=O) groups is 2. The number of ether oxygens (including phenoxy) is 1. The average molecular weight is 278 g/mol. The van der Waals surface area contributed by atoms with E-state index in [4.69, 9.17) is 0 Å². The van der Waals surface area contributed by atoms with E-state index in [-0.39, 0.29) is 35.6 Å². The molecule has 1 aliphatic heterocycles. The first-order valence-corrected chi connectivity index (χ1v) is 6.69. The van der Waals surface area contributed by atoms with Crippen molar-refractivity contribution in [3.8, 4) is 0 Å². The Kier molecular flexibility index (Phi) is 4.55. The number of aromatic amines is 1. The van der Waals surface area contributed by atoms with Crippen LogP contribution in [0.5, 0.6) is 0 Å². The summed E-state index contributed by atoms with van der Waals surface area (Å²) in [6.07, 6.45) is 2.86. The van der Waals surface area contributed by atoms with Crippen LogP contribution in [0.4, 0.5) is 0 Å². The average Bonchev–Trinajstić information content (AvgIpc) is 2.47. The van der Waals surface area contributed by atoms with E-state index in [0.717, 1.165) is 19.3 Å². The Bertz CT molecular complexity index is 552. The first kappa shape index (κ1) is 14.3. The zero-order valence-corrected chi connectivity index (χ0v) is 11.4. The number of pyridine rings is 1. The highest BCUT2D eigenvalue weighted by Crippen LogP contribution is 2.21. The minimum atomic E-state index is -0.323. The van der Waals surface area contributed by atoms with E-state index in [1.54, 1.807) is 17.0 Å². The van der Waals surface area contributed by atoms with Gasteiger partial charge in [-0.25, -0.2) is 0 Å². The van der Waals surface area contributed by atoms with Gasteiger partial charge < -0.3 is 14.6 Å². The fourth-order valence-electron chi connectivity index (χ4n) is 2.48. The molecule has 2 heterocycles. The zero-order chi connectivity index (χ0) is 14.5. The van der Waals surface area contributed by atoms with E-state index in [1.165, 1.54) is 13.2 Å². The molecule has 0 aliphatic carbocycles. The number of hydrogen-bond donors (Lipinski definition) is 1. The Morgan fingerprint density at radius 1 is 1.40 bits per heavy atom. The minimum absolute atomic E-state index is 0.160. The van der Waals surface area contributed by atoms with Crippen molar-refractivity contribution in [3.05, 3.63) is 34.2 Å². The number of hydrogen-bond acceptors (Lipinski definition) is 4. The van der Waals surface area contributed by atoms with Crippen LogP contribution in [0, 0.1) is 0 Å². The maximum absolute atomic E-state index is 12.4. The zero-order valence-electron chi connectivity index (χ0n) is 11.4. The quantitative estimate of drug-likeness (QED) is 0.834. The predicted molar refractivity (Wildman–Crippen MR) is 72.4 cm³/mol. The second kappa shape index (κ2) is 6.36. The Morgan fingerprint density at radius 3 is 2.90 bits per heavy atom. The highest BCUT2D eigenvalue weighted by Gasteiger charge is 2.29. The third kappa shape index (κ3) is 3.26. The third-order valence-electron chi connectivity index (χ3n) is 3.52. The minimum Gasteiger partial charge on any atom is -0.469 e. The van der Waals surface area contributed by atoms with Crippen LogP contribution in [0.3, 0.4) is 0 Å². The van der Waals surface area contributed by atoms with Gasteiger partial charge in [-0.1, -0.05) is 6.07 Å². The lowest BCUT2D eigenvalue weighted by Gasteiger charge is -2.35. The predicted octanol–water partition coefficient (Wildman–Crippen LogP) is 0.933. The van der Waals surface area contributed by atoms with Gasteiger partial charge in [-0.2, -0.15) is 0 Å². The van der Waals surface area contributed by atoms with Gasteiger partial charge in [0.15, 0.2) is 0 Å². The highest BCUT2D eigenvalue weighted by molar-refractivity contribution is 5.92. The van der Waals surface area contributed by atoms with Crippen LogP contribution in [0.25, 0.3) is 0 Å². The molecular weight excluding hydrogens is 260 g/mol. The van der Waals surface area contributed by atoms with Crippen LogP contribution in [0.15, 0.2) is 23.0 Å². The van der Waals surface area contributed by atoms with Crippen LogP contribution in [0.1, 0.15) is 36.2 Å². The third-order valence-corrected chi connectivity index (χ3v) is 3.52. The smallest absolute Gasteiger partial charge is 0.307 e. The second-order valence-corrected chi connectivity index (χ2v) is 4.86. The topological polar surface area (TPSA) is 79.5 Å². The van der Waals surface area contributed by atoms with Gasteiger partial charge >= 0.3 is 5.97 Å². The van der Waals surface area contributed by atoms with Gasteiger partial charge in [0.05, 0.1) is 13.5 Å². The molecule has 0 bridgehead atoms. The van der Waals surface area contributed by atoms with Crippen molar-refractivity contribution in [2.24, 2.45) is 0 Å². The van der Waals surface area contributed by atoms with Crippen LogP contribution in [-0.4, -0.2) is 41.5 Å². The molecule has 1 amide bonds. The fourth-order valence-corrected chi connectivity index (χ4v) is 2.48. The lowest BCUT2D eigenvalue weighted by atomic mass is 9.99. The number of nitrogens with zero attached hydrogens (tertiary/aromatic N) is 1. The summed E-state index contributed by atoms with van der Waals surface area (Å²) in [7, 11) is 1.34. The van der Waals surface area contributed by atoms with E-state index < -0.39 is 0 Å². The van der Waals surface area contributed by atoms with E-state index in [2.05, 4.69) is 9.72 Å². The number of carbonyl (C=O) groups excluding carboxylic acids is 2. The van der Waals surface area contributed by atoms with Crippen LogP contribution < -0.4 is 5.56 Å². The summed E-state index contributed by atoms with van der Waals surface area (Å²) in [6.45, 7) is 0.595. The molecule has 1 aromatic heterocycles. The molecule has 1 unspecified atom stereocenters. The molecule has 0 aromatic carbocycles. The monoisotopic (exact) mass is 278 g/mol. The Labute approximate surface area is 116 Å². The molecule has 2 rings (SSSR count). The number of piperidine rings is 1. The lowest BCUT2D eigenvalue weighted by molar-refractivity contribution is -0.142. The van der Waals surface area contributed by atoms with Crippen molar-refractivity contribution in [2.45, 2.75) is 31.7 Å². The summed E-state index contributed by atoms with van der Waals surface area (Å²) in [4.78, 5) is 39.3. The summed E-state index contributed by atoms with van der Waals surface area (Å²) < 4.78 is 4.67. The molecule has 1 N–H and O–H groups in total. The Balaban J connectivity index is 2.17.